The van der Waals surface area contributed by atoms with Crippen molar-refractivity contribution in [2.75, 3.05) is 13.1 Å². The lowest BCUT2D eigenvalue weighted by Gasteiger charge is -2.42. The average molecular weight is 251 g/mol. The van der Waals surface area contributed by atoms with Crippen molar-refractivity contribution in [3.63, 3.8) is 0 Å². The van der Waals surface area contributed by atoms with Crippen molar-refractivity contribution >= 4 is 5.91 Å². The standard InChI is InChI=1S/C14H25N3O/c15-13(18)14(16-11-5-6-11)7-3-4-12(10-14)17-8-1-2-9-17/h11-12,16H,1-10H2,(H2,15,18). The van der Waals surface area contributed by atoms with E-state index in [-0.39, 0.29) is 5.91 Å². The Morgan fingerprint density at radius 1 is 1.17 bits per heavy atom. The van der Waals surface area contributed by atoms with Crippen molar-refractivity contribution in [2.24, 2.45) is 5.73 Å². The topological polar surface area (TPSA) is 58.4 Å². The van der Waals surface area contributed by atoms with Crippen molar-refractivity contribution in [1.29, 1.82) is 0 Å². The first kappa shape index (κ1) is 12.4. The SMILES string of the molecule is NC(=O)C1(NC2CC2)CCCC(N2CCCC2)C1. The molecular weight excluding hydrogens is 226 g/mol. The Morgan fingerprint density at radius 2 is 1.89 bits per heavy atom. The number of amides is 1. The molecule has 0 aromatic heterocycles. The molecule has 2 saturated carbocycles. The molecule has 0 aromatic rings. The number of nitrogens with one attached hydrogen (secondary N) is 1. The second-order valence-corrected chi connectivity index (χ2v) is 6.36. The normalized spacial score (nSPS) is 37.9. The Balaban J connectivity index is 1.70. The van der Waals surface area contributed by atoms with Gasteiger partial charge in [-0.25, -0.2) is 0 Å². The van der Waals surface area contributed by atoms with E-state index in [1.165, 1.54) is 45.2 Å². The van der Waals surface area contributed by atoms with Gasteiger partial charge < -0.3 is 16.0 Å². The van der Waals surface area contributed by atoms with Gasteiger partial charge in [0.15, 0.2) is 0 Å². The lowest BCUT2D eigenvalue weighted by molar-refractivity contribution is -0.126. The van der Waals surface area contributed by atoms with Crippen LogP contribution in [0, 0.1) is 0 Å². The summed E-state index contributed by atoms with van der Waals surface area (Å²) < 4.78 is 0. The number of primary amides is 1. The molecule has 0 bridgehead atoms. The third-order valence-electron chi connectivity index (χ3n) is 4.91. The largest absolute Gasteiger partial charge is 0.368 e. The van der Waals surface area contributed by atoms with Gasteiger partial charge in [0.1, 0.15) is 0 Å². The van der Waals surface area contributed by atoms with Gasteiger partial charge in [0, 0.05) is 12.1 Å². The molecule has 0 aromatic carbocycles. The van der Waals surface area contributed by atoms with Crippen LogP contribution in [-0.2, 0) is 4.79 Å². The second kappa shape index (κ2) is 4.82. The Bertz CT molecular complexity index is 323. The van der Waals surface area contributed by atoms with Crippen LogP contribution in [-0.4, -0.2) is 41.5 Å². The Morgan fingerprint density at radius 3 is 2.50 bits per heavy atom. The maximum absolute atomic E-state index is 11.9. The van der Waals surface area contributed by atoms with Crippen LogP contribution in [0.3, 0.4) is 0 Å². The summed E-state index contributed by atoms with van der Waals surface area (Å²) in [5, 5.41) is 3.56. The molecule has 4 heteroatoms. The fourth-order valence-corrected chi connectivity index (χ4v) is 3.71. The predicted molar refractivity (Wildman–Crippen MR) is 71.1 cm³/mol. The number of carbonyl (C=O) groups is 1. The van der Waals surface area contributed by atoms with E-state index in [1.807, 2.05) is 0 Å². The molecular formula is C14H25N3O. The summed E-state index contributed by atoms with van der Waals surface area (Å²) in [6.45, 7) is 2.42. The quantitative estimate of drug-likeness (QED) is 0.784. The van der Waals surface area contributed by atoms with Crippen molar-refractivity contribution in [3.8, 4) is 0 Å². The lowest BCUT2D eigenvalue weighted by Crippen LogP contribution is -2.61. The van der Waals surface area contributed by atoms with E-state index < -0.39 is 5.54 Å². The molecule has 3 fully saturated rings. The van der Waals surface area contributed by atoms with E-state index >= 15 is 0 Å². The molecule has 2 unspecified atom stereocenters. The van der Waals surface area contributed by atoms with Crippen LogP contribution in [0.5, 0.6) is 0 Å². The first-order valence-corrected chi connectivity index (χ1v) is 7.51. The van der Waals surface area contributed by atoms with Crippen LogP contribution in [0.15, 0.2) is 0 Å². The molecule has 2 atom stereocenters. The number of hydrogen-bond acceptors (Lipinski definition) is 3. The average Bonchev–Trinajstić information content (AvgIpc) is 3.00. The molecule has 1 saturated heterocycles. The molecule has 0 spiro atoms. The number of likely N-dealkylation sites (tertiary alicyclic amines) is 1. The fourth-order valence-electron chi connectivity index (χ4n) is 3.71. The van der Waals surface area contributed by atoms with Crippen LogP contribution >= 0.6 is 0 Å². The van der Waals surface area contributed by atoms with E-state index in [2.05, 4.69) is 10.2 Å². The molecule has 1 aliphatic heterocycles. The minimum Gasteiger partial charge on any atom is -0.368 e. The third-order valence-corrected chi connectivity index (χ3v) is 4.91. The number of hydrogen-bond donors (Lipinski definition) is 2. The smallest absolute Gasteiger partial charge is 0.237 e. The van der Waals surface area contributed by atoms with E-state index in [9.17, 15) is 4.79 Å². The van der Waals surface area contributed by atoms with Gasteiger partial charge in [-0.05, 0) is 64.5 Å². The molecule has 4 nitrogen and oxygen atoms in total. The Labute approximate surface area is 109 Å². The number of rotatable bonds is 4. The summed E-state index contributed by atoms with van der Waals surface area (Å²) >= 11 is 0. The maximum atomic E-state index is 11.9. The van der Waals surface area contributed by atoms with Gasteiger partial charge in [-0.1, -0.05) is 0 Å². The highest BCUT2D eigenvalue weighted by atomic mass is 16.1. The Kier molecular flexibility index (Phi) is 3.32. The van der Waals surface area contributed by atoms with Crippen molar-refractivity contribution in [2.45, 2.75) is 69.0 Å². The highest BCUT2D eigenvalue weighted by Gasteiger charge is 2.45. The van der Waals surface area contributed by atoms with Gasteiger partial charge in [0.25, 0.3) is 0 Å². The van der Waals surface area contributed by atoms with Crippen LogP contribution in [0.25, 0.3) is 0 Å². The molecule has 0 radical (unpaired) electrons. The zero-order valence-corrected chi connectivity index (χ0v) is 11.2. The monoisotopic (exact) mass is 251 g/mol. The van der Waals surface area contributed by atoms with Crippen molar-refractivity contribution < 1.29 is 4.79 Å². The van der Waals surface area contributed by atoms with Crippen LogP contribution < -0.4 is 11.1 Å². The van der Waals surface area contributed by atoms with Crippen LogP contribution in [0.2, 0.25) is 0 Å². The van der Waals surface area contributed by atoms with Gasteiger partial charge in [0.05, 0.1) is 5.54 Å². The van der Waals surface area contributed by atoms with E-state index in [1.54, 1.807) is 0 Å². The molecule has 3 aliphatic rings. The van der Waals surface area contributed by atoms with Gasteiger partial charge in [-0.15, -0.1) is 0 Å². The number of nitrogens with two attached hydrogens (primary N) is 1. The van der Waals surface area contributed by atoms with Gasteiger partial charge in [-0.3, -0.25) is 4.79 Å². The molecule has 18 heavy (non-hydrogen) atoms. The number of carbonyl (C=O) groups excluding carboxylic acids is 1. The molecule has 1 amide bonds. The summed E-state index contributed by atoms with van der Waals surface area (Å²) in [6, 6.07) is 1.12. The highest BCUT2D eigenvalue weighted by Crippen LogP contribution is 2.35. The third kappa shape index (κ3) is 2.41. The summed E-state index contributed by atoms with van der Waals surface area (Å²) in [7, 11) is 0. The van der Waals surface area contributed by atoms with E-state index in [0.29, 0.717) is 12.1 Å². The second-order valence-electron chi connectivity index (χ2n) is 6.36. The summed E-state index contributed by atoms with van der Waals surface area (Å²) in [6.07, 6.45) is 9.28. The summed E-state index contributed by atoms with van der Waals surface area (Å²) in [5.41, 5.74) is 5.31. The molecule has 3 rings (SSSR count). The molecule has 2 aliphatic carbocycles. The minimum absolute atomic E-state index is 0.127. The molecule has 3 N–H and O–H groups in total. The van der Waals surface area contributed by atoms with Gasteiger partial charge in [0.2, 0.25) is 5.91 Å². The lowest BCUT2D eigenvalue weighted by atomic mass is 9.77. The maximum Gasteiger partial charge on any atom is 0.237 e. The summed E-state index contributed by atoms with van der Waals surface area (Å²) in [4.78, 5) is 14.5. The molecule has 1 heterocycles. The van der Waals surface area contributed by atoms with Crippen LogP contribution in [0.4, 0.5) is 0 Å². The first-order valence-electron chi connectivity index (χ1n) is 7.51. The Hall–Kier alpha value is -0.610. The van der Waals surface area contributed by atoms with Crippen molar-refractivity contribution in [1.82, 2.24) is 10.2 Å². The summed E-state index contributed by atoms with van der Waals surface area (Å²) in [5.74, 6) is -0.127. The zero-order chi connectivity index (χ0) is 12.6. The molecule has 102 valence electrons. The van der Waals surface area contributed by atoms with Crippen LogP contribution in [0.1, 0.15) is 51.4 Å². The first-order chi connectivity index (χ1) is 8.70. The van der Waals surface area contributed by atoms with Crippen molar-refractivity contribution in [3.05, 3.63) is 0 Å². The van der Waals surface area contributed by atoms with E-state index in [4.69, 9.17) is 5.73 Å². The predicted octanol–water partition coefficient (Wildman–Crippen LogP) is 1.00. The van der Waals surface area contributed by atoms with Gasteiger partial charge in [-0.2, -0.15) is 0 Å². The number of nitrogens with zero attached hydrogens (tertiary/aromatic N) is 1. The fraction of sp³-hybridized carbons (Fsp3) is 0.929. The zero-order valence-electron chi connectivity index (χ0n) is 11.2. The van der Waals surface area contributed by atoms with Gasteiger partial charge >= 0.3 is 0 Å². The van der Waals surface area contributed by atoms with E-state index in [0.717, 1.165) is 19.3 Å². The minimum atomic E-state index is -0.410. The highest BCUT2D eigenvalue weighted by molar-refractivity contribution is 5.85.